The summed E-state index contributed by atoms with van der Waals surface area (Å²) in [6.07, 6.45) is 1.06. The number of nitrogens with zero attached hydrogens (tertiary/aromatic N) is 1. The lowest BCUT2D eigenvalue weighted by Gasteiger charge is -2.29. The average molecular weight is 407 g/mol. The van der Waals surface area contributed by atoms with Crippen LogP contribution in [0.15, 0.2) is 42.5 Å². The van der Waals surface area contributed by atoms with E-state index in [1.807, 2.05) is 19.9 Å². The van der Waals surface area contributed by atoms with Crippen LogP contribution in [0, 0.1) is 6.92 Å². The van der Waals surface area contributed by atoms with Crippen molar-refractivity contribution in [1.82, 2.24) is 0 Å². The van der Waals surface area contributed by atoms with Gasteiger partial charge in [0.25, 0.3) is 0 Å². The highest BCUT2D eigenvalue weighted by molar-refractivity contribution is 7.92. The SMILES string of the molecule is CCOc1ccc(NC(=O)[C@@H](C)N(c2cc(C)ccc2OC)S(C)(=O)=O)cc1. The summed E-state index contributed by atoms with van der Waals surface area (Å²) in [5.74, 6) is 0.602. The van der Waals surface area contributed by atoms with E-state index in [1.165, 1.54) is 14.0 Å². The third kappa shape index (κ3) is 5.16. The Morgan fingerprint density at radius 2 is 1.82 bits per heavy atom. The molecule has 0 aliphatic rings. The number of anilines is 2. The molecule has 2 aromatic rings. The molecule has 0 unspecified atom stereocenters. The van der Waals surface area contributed by atoms with Crippen LogP contribution in [0.5, 0.6) is 11.5 Å². The van der Waals surface area contributed by atoms with Crippen molar-refractivity contribution in [2.75, 3.05) is 29.6 Å². The Bertz CT molecular complexity index is 926. The van der Waals surface area contributed by atoms with Crippen LogP contribution in [-0.2, 0) is 14.8 Å². The molecule has 0 aromatic heterocycles. The highest BCUT2D eigenvalue weighted by atomic mass is 32.2. The number of amides is 1. The number of methoxy groups -OCH3 is 1. The monoisotopic (exact) mass is 406 g/mol. The minimum absolute atomic E-state index is 0.319. The van der Waals surface area contributed by atoms with Crippen LogP contribution < -0.4 is 19.1 Å². The molecular weight excluding hydrogens is 380 g/mol. The summed E-state index contributed by atoms with van der Waals surface area (Å²) in [5, 5.41) is 2.74. The first-order valence-corrected chi connectivity index (χ1v) is 10.7. The van der Waals surface area contributed by atoms with Crippen LogP contribution in [0.4, 0.5) is 11.4 Å². The lowest BCUT2D eigenvalue weighted by molar-refractivity contribution is -0.116. The molecule has 2 rings (SSSR count). The molecule has 8 heteroatoms. The molecule has 7 nitrogen and oxygen atoms in total. The van der Waals surface area contributed by atoms with Crippen LogP contribution in [0.3, 0.4) is 0 Å². The van der Waals surface area contributed by atoms with E-state index in [2.05, 4.69) is 5.32 Å². The van der Waals surface area contributed by atoms with E-state index in [9.17, 15) is 13.2 Å². The highest BCUT2D eigenvalue weighted by Gasteiger charge is 2.31. The Balaban J connectivity index is 2.32. The van der Waals surface area contributed by atoms with Crippen molar-refractivity contribution in [2.45, 2.75) is 26.8 Å². The molecule has 0 bridgehead atoms. The van der Waals surface area contributed by atoms with E-state index in [0.29, 0.717) is 29.5 Å². The fourth-order valence-corrected chi connectivity index (χ4v) is 3.97. The second-order valence-corrected chi connectivity index (χ2v) is 8.22. The predicted octanol–water partition coefficient (Wildman–Crippen LogP) is 3.20. The number of hydrogen-bond acceptors (Lipinski definition) is 5. The van der Waals surface area contributed by atoms with E-state index in [0.717, 1.165) is 16.1 Å². The van der Waals surface area contributed by atoms with E-state index in [4.69, 9.17) is 9.47 Å². The molecule has 152 valence electrons. The van der Waals surface area contributed by atoms with Crippen molar-refractivity contribution in [2.24, 2.45) is 0 Å². The zero-order chi connectivity index (χ0) is 20.9. The second kappa shape index (κ2) is 8.97. The molecule has 0 fully saturated rings. The molecule has 1 amide bonds. The van der Waals surface area contributed by atoms with Gasteiger partial charge in [-0.1, -0.05) is 6.07 Å². The highest BCUT2D eigenvalue weighted by Crippen LogP contribution is 2.33. The van der Waals surface area contributed by atoms with Crippen LogP contribution in [0.25, 0.3) is 0 Å². The number of nitrogens with one attached hydrogen (secondary N) is 1. The molecule has 0 saturated carbocycles. The smallest absolute Gasteiger partial charge is 0.247 e. The lowest BCUT2D eigenvalue weighted by atomic mass is 10.2. The minimum atomic E-state index is -3.75. The van der Waals surface area contributed by atoms with Crippen LogP contribution in [0.1, 0.15) is 19.4 Å². The van der Waals surface area contributed by atoms with Gasteiger partial charge in [-0.05, 0) is 62.7 Å². The van der Waals surface area contributed by atoms with Crippen LogP contribution >= 0.6 is 0 Å². The van der Waals surface area contributed by atoms with Gasteiger partial charge < -0.3 is 14.8 Å². The minimum Gasteiger partial charge on any atom is -0.495 e. The molecule has 1 atom stereocenters. The first-order chi connectivity index (χ1) is 13.2. The predicted molar refractivity (Wildman–Crippen MR) is 111 cm³/mol. The first-order valence-electron chi connectivity index (χ1n) is 8.85. The maximum atomic E-state index is 12.8. The molecule has 0 saturated heterocycles. The van der Waals surface area contributed by atoms with Gasteiger partial charge in [-0.25, -0.2) is 8.42 Å². The van der Waals surface area contributed by atoms with Crippen molar-refractivity contribution in [1.29, 1.82) is 0 Å². The Labute approximate surface area is 166 Å². The molecule has 0 heterocycles. The number of ether oxygens (including phenoxy) is 2. The normalized spacial score (nSPS) is 12.2. The molecule has 2 aromatic carbocycles. The molecule has 0 radical (unpaired) electrons. The maximum absolute atomic E-state index is 12.8. The third-order valence-corrected chi connectivity index (χ3v) is 5.32. The molecule has 0 spiro atoms. The van der Waals surface area contributed by atoms with Crippen molar-refractivity contribution < 1.29 is 22.7 Å². The number of aryl methyl sites for hydroxylation is 1. The van der Waals surface area contributed by atoms with Gasteiger partial charge in [0.1, 0.15) is 17.5 Å². The van der Waals surface area contributed by atoms with Gasteiger partial charge in [0, 0.05) is 5.69 Å². The zero-order valence-electron chi connectivity index (χ0n) is 16.7. The van der Waals surface area contributed by atoms with Crippen molar-refractivity contribution in [3.63, 3.8) is 0 Å². The van der Waals surface area contributed by atoms with E-state index < -0.39 is 22.0 Å². The number of carbonyl (C=O) groups excluding carboxylic acids is 1. The lowest BCUT2D eigenvalue weighted by Crippen LogP contribution is -2.45. The molecule has 0 aliphatic heterocycles. The summed E-state index contributed by atoms with van der Waals surface area (Å²) in [5.41, 5.74) is 1.72. The Kier molecular flexibility index (Phi) is 6.90. The van der Waals surface area contributed by atoms with E-state index in [-0.39, 0.29) is 0 Å². The number of hydrogen-bond donors (Lipinski definition) is 1. The number of rotatable bonds is 8. The van der Waals surface area contributed by atoms with Crippen molar-refractivity contribution >= 4 is 27.3 Å². The van der Waals surface area contributed by atoms with Gasteiger partial charge in [-0.15, -0.1) is 0 Å². The quantitative estimate of drug-likeness (QED) is 0.728. The molecule has 0 aliphatic carbocycles. The Morgan fingerprint density at radius 1 is 1.18 bits per heavy atom. The standard InChI is InChI=1S/C20H26N2O5S/c1-6-27-17-10-8-16(9-11-17)21-20(23)15(3)22(28(5,24)25)18-13-14(2)7-12-19(18)26-4/h7-13,15H,6H2,1-5H3,(H,21,23)/t15-/m1/s1. The van der Waals surface area contributed by atoms with Crippen molar-refractivity contribution in [3.05, 3.63) is 48.0 Å². The van der Waals surface area contributed by atoms with Crippen molar-refractivity contribution in [3.8, 4) is 11.5 Å². The van der Waals surface area contributed by atoms with Gasteiger partial charge in [0.15, 0.2) is 0 Å². The number of benzene rings is 2. The van der Waals surface area contributed by atoms with Crippen LogP contribution in [-0.4, -0.2) is 40.3 Å². The van der Waals surface area contributed by atoms with Gasteiger partial charge in [-0.2, -0.15) is 0 Å². The maximum Gasteiger partial charge on any atom is 0.247 e. The van der Waals surface area contributed by atoms with Gasteiger partial charge in [0.2, 0.25) is 15.9 Å². The van der Waals surface area contributed by atoms with E-state index >= 15 is 0 Å². The summed E-state index contributed by atoms with van der Waals surface area (Å²) >= 11 is 0. The fraction of sp³-hybridized carbons (Fsp3) is 0.350. The topological polar surface area (TPSA) is 84.9 Å². The largest absolute Gasteiger partial charge is 0.495 e. The fourth-order valence-electron chi connectivity index (χ4n) is 2.80. The summed E-state index contributed by atoms with van der Waals surface area (Å²) < 4.78 is 36.8. The molecular formula is C20H26N2O5S. The Morgan fingerprint density at radius 3 is 2.36 bits per heavy atom. The second-order valence-electron chi connectivity index (χ2n) is 6.36. The van der Waals surface area contributed by atoms with Gasteiger partial charge >= 0.3 is 0 Å². The van der Waals surface area contributed by atoms with Gasteiger partial charge in [-0.3, -0.25) is 9.10 Å². The average Bonchev–Trinajstić information content (AvgIpc) is 2.62. The summed E-state index contributed by atoms with van der Waals surface area (Å²) in [4.78, 5) is 12.8. The number of carbonyl (C=O) groups is 1. The first kappa shape index (κ1) is 21.6. The third-order valence-electron chi connectivity index (χ3n) is 4.09. The van der Waals surface area contributed by atoms with Crippen LogP contribution in [0.2, 0.25) is 0 Å². The van der Waals surface area contributed by atoms with E-state index in [1.54, 1.807) is 36.4 Å². The summed E-state index contributed by atoms with van der Waals surface area (Å²) in [7, 11) is -2.29. The summed E-state index contributed by atoms with van der Waals surface area (Å²) in [6.45, 7) is 5.81. The molecule has 1 N–H and O–H groups in total. The zero-order valence-corrected chi connectivity index (χ0v) is 17.5. The number of sulfonamides is 1. The van der Waals surface area contributed by atoms with Gasteiger partial charge in [0.05, 0.1) is 25.7 Å². The molecule has 28 heavy (non-hydrogen) atoms. The summed E-state index contributed by atoms with van der Waals surface area (Å²) in [6, 6.07) is 11.1. The Hall–Kier alpha value is -2.74.